The quantitative estimate of drug-likeness (QED) is 0.760. The van der Waals surface area contributed by atoms with E-state index in [0.717, 1.165) is 22.4 Å². The molecule has 2 aromatic carbocycles. The van der Waals surface area contributed by atoms with E-state index in [1.807, 2.05) is 55.5 Å². The Balaban J connectivity index is 1.92. The lowest BCUT2D eigenvalue weighted by atomic mass is 10.1. The lowest BCUT2D eigenvalue weighted by Crippen LogP contribution is -2.28. The third-order valence-corrected chi connectivity index (χ3v) is 3.18. The molecule has 2 amide bonds. The van der Waals surface area contributed by atoms with Gasteiger partial charge in [-0.25, -0.2) is 4.79 Å². The Morgan fingerprint density at radius 2 is 1.95 bits per heavy atom. The summed E-state index contributed by atoms with van der Waals surface area (Å²) in [4.78, 5) is 12.2. The minimum Gasteiger partial charge on any atom is -0.389 e. The van der Waals surface area contributed by atoms with Crippen LogP contribution in [0, 0.1) is 6.92 Å². The van der Waals surface area contributed by atoms with Gasteiger partial charge in [-0.05, 0) is 36.2 Å². The number of thiocarbonyl (C=S) groups is 1. The molecule has 0 atom stereocenters. The molecule has 0 fully saturated rings. The largest absolute Gasteiger partial charge is 0.389 e. The van der Waals surface area contributed by atoms with Crippen LogP contribution in [0.4, 0.5) is 10.5 Å². The van der Waals surface area contributed by atoms with Crippen LogP contribution in [0.2, 0.25) is 0 Å². The minimum absolute atomic E-state index is 0.249. The topological polar surface area (TPSA) is 67.2 Å². The molecule has 0 aromatic heterocycles. The molecule has 5 heteroatoms. The van der Waals surface area contributed by atoms with Gasteiger partial charge in [-0.15, -0.1) is 0 Å². The molecule has 4 nitrogen and oxygen atoms in total. The van der Waals surface area contributed by atoms with Crippen LogP contribution >= 0.6 is 12.2 Å². The highest BCUT2D eigenvalue weighted by Gasteiger charge is 2.03. The summed E-state index contributed by atoms with van der Waals surface area (Å²) in [6.45, 7) is 2.39. The maximum Gasteiger partial charge on any atom is 0.319 e. The first-order chi connectivity index (χ1) is 10.0. The molecule has 0 saturated heterocycles. The third-order valence-electron chi connectivity index (χ3n) is 2.94. The predicted molar refractivity (Wildman–Crippen MR) is 89.4 cm³/mol. The van der Waals surface area contributed by atoms with Crippen LogP contribution in [0.1, 0.15) is 16.7 Å². The van der Waals surface area contributed by atoms with Gasteiger partial charge in [0.2, 0.25) is 0 Å². The van der Waals surface area contributed by atoms with Crippen LogP contribution in [-0.2, 0) is 6.54 Å². The first-order valence-electron chi connectivity index (χ1n) is 6.55. The maximum atomic E-state index is 11.8. The molecule has 0 aliphatic heterocycles. The number of rotatable bonds is 4. The van der Waals surface area contributed by atoms with Crippen molar-refractivity contribution in [3.05, 3.63) is 65.2 Å². The number of aryl methyl sites for hydroxylation is 1. The molecule has 0 aliphatic rings. The molecule has 0 spiro atoms. The summed E-state index contributed by atoms with van der Waals surface area (Å²) in [5.74, 6) is 0. The molecule has 0 aliphatic carbocycles. The predicted octanol–water partition coefficient (Wildman–Crippen LogP) is 2.95. The van der Waals surface area contributed by atoms with Gasteiger partial charge in [0, 0.05) is 17.8 Å². The van der Waals surface area contributed by atoms with Gasteiger partial charge in [-0.1, -0.05) is 42.5 Å². The summed E-state index contributed by atoms with van der Waals surface area (Å²) >= 11 is 4.93. The fraction of sp³-hybridized carbons (Fsp3) is 0.125. The lowest BCUT2D eigenvalue weighted by molar-refractivity contribution is 0.251. The fourth-order valence-electron chi connectivity index (χ4n) is 1.92. The van der Waals surface area contributed by atoms with Gasteiger partial charge in [0.15, 0.2) is 0 Å². The van der Waals surface area contributed by atoms with Gasteiger partial charge in [-0.3, -0.25) is 0 Å². The molecule has 0 heterocycles. The summed E-state index contributed by atoms with van der Waals surface area (Å²) in [5.41, 5.74) is 9.19. The highest BCUT2D eigenvalue weighted by molar-refractivity contribution is 7.80. The number of benzene rings is 2. The van der Waals surface area contributed by atoms with E-state index < -0.39 is 0 Å². The fourth-order valence-corrected chi connectivity index (χ4v) is 2.04. The average molecular weight is 299 g/mol. The van der Waals surface area contributed by atoms with Gasteiger partial charge in [0.25, 0.3) is 0 Å². The smallest absolute Gasteiger partial charge is 0.319 e. The van der Waals surface area contributed by atoms with E-state index in [1.165, 1.54) is 0 Å². The van der Waals surface area contributed by atoms with Crippen LogP contribution < -0.4 is 16.4 Å². The van der Waals surface area contributed by atoms with E-state index in [4.69, 9.17) is 18.0 Å². The lowest BCUT2D eigenvalue weighted by Gasteiger charge is -2.09. The van der Waals surface area contributed by atoms with E-state index in [0.29, 0.717) is 11.5 Å². The second kappa shape index (κ2) is 6.85. The Bertz CT molecular complexity index is 670. The highest BCUT2D eigenvalue weighted by atomic mass is 32.1. The normalized spacial score (nSPS) is 9.95. The molecular formula is C16H17N3OS. The zero-order valence-corrected chi connectivity index (χ0v) is 12.5. The molecule has 108 valence electrons. The second-order valence-electron chi connectivity index (χ2n) is 4.74. The van der Waals surface area contributed by atoms with E-state index in [9.17, 15) is 4.79 Å². The highest BCUT2D eigenvalue weighted by Crippen LogP contribution is 2.09. The number of hydrogen-bond donors (Lipinski definition) is 3. The van der Waals surface area contributed by atoms with Crippen LogP contribution in [0.25, 0.3) is 0 Å². The third kappa shape index (κ3) is 4.57. The Morgan fingerprint density at radius 3 is 2.67 bits per heavy atom. The first kappa shape index (κ1) is 15.0. The minimum atomic E-state index is -0.249. The number of carbonyl (C=O) groups excluding carboxylic acids is 1. The second-order valence-corrected chi connectivity index (χ2v) is 5.18. The molecule has 21 heavy (non-hydrogen) atoms. The molecule has 0 unspecified atom stereocenters. The average Bonchev–Trinajstić information content (AvgIpc) is 2.45. The van der Waals surface area contributed by atoms with Gasteiger partial charge >= 0.3 is 6.03 Å². The van der Waals surface area contributed by atoms with E-state index in [2.05, 4.69) is 10.6 Å². The molecule has 2 aromatic rings. The summed E-state index contributed by atoms with van der Waals surface area (Å²) in [5, 5.41) is 5.59. The zero-order valence-electron chi connectivity index (χ0n) is 11.7. The van der Waals surface area contributed by atoms with Crippen molar-refractivity contribution in [2.24, 2.45) is 5.73 Å². The van der Waals surface area contributed by atoms with E-state index >= 15 is 0 Å². The van der Waals surface area contributed by atoms with Crippen LogP contribution in [0.3, 0.4) is 0 Å². The van der Waals surface area contributed by atoms with Crippen LogP contribution in [-0.4, -0.2) is 11.0 Å². The summed E-state index contributed by atoms with van der Waals surface area (Å²) in [7, 11) is 0. The number of amides is 2. The number of urea groups is 1. The molecule has 4 N–H and O–H groups in total. The van der Waals surface area contributed by atoms with Gasteiger partial charge < -0.3 is 16.4 Å². The van der Waals surface area contributed by atoms with E-state index in [1.54, 1.807) is 0 Å². The van der Waals surface area contributed by atoms with E-state index in [-0.39, 0.29) is 6.03 Å². The zero-order chi connectivity index (χ0) is 15.2. The van der Waals surface area contributed by atoms with Crippen molar-refractivity contribution in [2.45, 2.75) is 13.5 Å². The summed E-state index contributed by atoms with van der Waals surface area (Å²) < 4.78 is 0. The van der Waals surface area contributed by atoms with Crippen LogP contribution in [0.15, 0.2) is 48.5 Å². The summed E-state index contributed by atoms with van der Waals surface area (Å²) in [6, 6.07) is 14.9. The standard InChI is InChI=1S/C16H17N3OS/c1-11-4-2-7-14(8-11)19-16(20)18-10-12-5-3-6-13(9-12)15(17)21/h2-9H,10H2,1H3,(H2,17,21)(H2,18,19,20). The number of carbonyl (C=O) groups is 1. The van der Waals surface area contributed by atoms with Crippen molar-refractivity contribution in [1.29, 1.82) is 0 Å². The Morgan fingerprint density at radius 1 is 1.19 bits per heavy atom. The Labute approximate surface area is 129 Å². The van der Waals surface area contributed by atoms with Crippen LogP contribution in [0.5, 0.6) is 0 Å². The molecule has 0 radical (unpaired) electrons. The first-order valence-corrected chi connectivity index (χ1v) is 6.96. The monoisotopic (exact) mass is 299 g/mol. The van der Waals surface area contributed by atoms with Crippen molar-refractivity contribution in [3.8, 4) is 0 Å². The summed E-state index contributed by atoms with van der Waals surface area (Å²) in [6.07, 6.45) is 0. The SMILES string of the molecule is Cc1cccc(NC(=O)NCc2cccc(C(N)=S)c2)c1. The maximum absolute atomic E-state index is 11.8. The van der Waals surface area contributed by atoms with Crippen molar-refractivity contribution in [3.63, 3.8) is 0 Å². The van der Waals surface area contributed by atoms with Crippen molar-refractivity contribution >= 4 is 28.9 Å². The Kier molecular flexibility index (Phi) is 4.90. The molecule has 0 bridgehead atoms. The number of hydrogen-bond acceptors (Lipinski definition) is 2. The number of anilines is 1. The molecule has 2 rings (SSSR count). The number of nitrogens with one attached hydrogen (secondary N) is 2. The van der Waals surface area contributed by atoms with Crippen molar-refractivity contribution in [2.75, 3.05) is 5.32 Å². The van der Waals surface area contributed by atoms with Crippen molar-refractivity contribution in [1.82, 2.24) is 5.32 Å². The molecule has 0 saturated carbocycles. The Hall–Kier alpha value is -2.40. The van der Waals surface area contributed by atoms with Crippen molar-refractivity contribution < 1.29 is 4.79 Å². The number of nitrogens with two attached hydrogens (primary N) is 1. The van der Waals surface area contributed by atoms with Gasteiger partial charge in [-0.2, -0.15) is 0 Å². The molecular weight excluding hydrogens is 282 g/mol. The van der Waals surface area contributed by atoms with Gasteiger partial charge in [0.1, 0.15) is 4.99 Å². The van der Waals surface area contributed by atoms with Gasteiger partial charge in [0.05, 0.1) is 0 Å².